The van der Waals surface area contributed by atoms with Crippen LogP contribution in [0.2, 0.25) is 0 Å². The van der Waals surface area contributed by atoms with Crippen LogP contribution in [0.5, 0.6) is 0 Å². The quantitative estimate of drug-likeness (QED) is 0.651. The maximum absolute atomic E-state index is 3.81. The molecule has 1 aliphatic heterocycles. The smallest absolute Gasteiger partial charge is 0.0513 e. The fourth-order valence-electron chi connectivity index (χ4n) is 2.61. The van der Waals surface area contributed by atoms with Crippen molar-refractivity contribution >= 4 is 10.9 Å². The lowest BCUT2D eigenvalue weighted by Gasteiger charge is -2.16. The largest absolute Gasteiger partial charge is 0.347 e. The van der Waals surface area contributed by atoms with Gasteiger partial charge in [-0.05, 0) is 42.5 Å². The molecule has 0 saturated carbocycles. The Labute approximate surface area is 90.0 Å². The first-order valence-corrected chi connectivity index (χ1v) is 5.60. The highest BCUT2D eigenvalue weighted by Gasteiger charge is 2.12. The molecule has 0 N–H and O–H groups in total. The minimum absolute atomic E-state index is 0.980. The third-order valence-corrected chi connectivity index (χ3v) is 3.22. The number of rotatable bonds is 2. The summed E-state index contributed by atoms with van der Waals surface area (Å²) in [5.41, 5.74) is 4.36. The van der Waals surface area contributed by atoms with Crippen molar-refractivity contribution < 1.29 is 0 Å². The van der Waals surface area contributed by atoms with E-state index in [2.05, 4.69) is 35.5 Å². The number of aryl methyl sites for hydroxylation is 2. The van der Waals surface area contributed by atoms with Crippen LogP contribution in [-0.4, -0.2) is 4.57 Å². The van der Waals surface area contributed by atoms with E-state index < -0.39 is 0 Å². The Morgan fingerprint density at radius 1 is 1.40 bits per heavy atom. The molecule has 2 heterocycles. The molecule has 0 spiro atoms. The highest BCUT2D eigenvalue weighted by atomic mass is 15.0. The van der Waals surface area contributed by atoms with Crippen molar-refractivity contribution in [2.24, 2.45) is 0 Å². The van der Waals surface area contributed by atoms with E-state index in [4.69, 9.17) is 0 Å². The summed E-state index contributed by atoms with van der Waals surface area (Å²) < 4.78 is 2.38. The van der Waals surface area contributed by atoms with Crippen molar-refractivity contribution in [3.8, 4) is 0 Å². The Hall–Kier alpha value is -1.50. The van der Waals surface area contributed by atoms with E-state index in [0.717, 1.165) is 6.42 Å². The first-order chi connectivity index (χ1) is 7.38. The van der Waals surface area contributed by atoms with Crippen LogP contribution in [0.1, 0.15) is 17.5 Å². The van der Waals surface area contributed by atoms with E-state index in [9.17, 15) is 0 Å². The van der Waals surface area contributed by atoms with Crippen molar-refractivity contribution in [1.82, 2.24) is 4.57 Å². The van der Waals surface area contributed by atoms with Gasteiger partial charge >= 0.3 is 0 Å². The summed E-state index contributed by atoms with van der Waals surface area (Å²) in [6, 6.07) is 6.87. The number of nitrogens with zero attached hydrogens (tertiary/aromatic N) is 1. The van der Waals surface area contributed by atoms with E-state index in [1.54, 1.807) is 0 Å². The van der Waals surface area contributed by atoms with Gasteiger partial charge in [-0.2, -0.15) is 0 Å². The second-order valence-corrected chi connectivity index (χ2v) is 4.30. The van der Waals surface area contributed by atoms with Crippen LogP contribution in [0.25, 0.3) is 10.9 Å². The Kier molecular flexibility index (Phi) is 1.91. The van der Waals surface area contributed by atoms with Crippen LogP contribution < -0.4 is 0 Å². The van der Waals surface area contributed by atoms with Gasteiger partial charge in [-0.1, -0.05) is 12.1 Å². The van der Waals surface area contributed by atoms with Gasteiger partial charge in [0.2, 0.25) is 0 Å². The predicted octanol–water partition coefficient (Wildman–Crippen LogP) is 3.32. The van der Waals surface area contributed by atoms with Gasteiger partial charge in [-0.25, -0.2) is 0 Å². The minimum Gasteiger partial charge on any atom is -0.347 e. The molecule has 1 nitrogen and oxygen atoms in total. The molecule has 0 amide bonds. The number of hydrogen-bond acceptors (Lipinski definition) is 0. The zero-order valence-electron chi connectivity index (χ0n) is 8.87. The van der Waals surface area contributed by atoms with Crippen molar-refractivity contribution in [3.63, 3.8) is 0 Å². The van der Waals surface area contributed by atoms with E-state index in [1.807, 2.05) is 6.08 Å². The second kappa shape index (κ2) is 3.27. The van der Waals surface area contributed by atoms with E-state index >= 15 is 0 Å². The summed E-state index contributed by atoms with van der Waals surface area (Å²) >= 11 is 0. The third-order valence-electron chi connectivity index (χ3n) is 3.22. The van der Waals surface area contributed by atoms with Crippen molar-refractivity contribution in [2.45, 2.75) is 25.8 Å². The van der Waals surface area contributed by atoms with E-state index in [0.29, 0.717) is 0 Å². The lowest BCUT2D eigenvalue weighted by atomic mass is 9.99. The molecule has 0 atom stereocenters. The summed E-state index contributed by atoms with van der Waals surface area (Å²) in [7, 11) is 0. The summed E-state index contributed by atoms with van der Waals surface area (Å²) in [4.78, 5) is 0. The van der Waals surface area contributed by atoms with Gasteiger partial charge in [0.15, 0.2) is 0 Å². The molecule has 1 aliphatic rings. The Bertz CT molecular complexity index is 519. The molecule has 0 saturated heterocycles. The molecule has 2 aromatic rings. The molecule has 76 valence electrons. The fraction of sp³-hybridized carbons (Fsp3) is 0.286. The standard InChI is InChI=1S/C14H15N/c1-2-4-11-9-12-5-3-7-15-8-6-13(10-11)14(12)15/h2,6,8-10H,1,3-5,7H2. The van der Waals surface area contributed by atoms with Crippen LogP contribution in [-0.2, 0) is 19.4 Å². The third kappa shape index (κ3) is 1.30. The molecule has 1 aromatic carbocycles. The Balaban J connectivity index is 2.26. The maximum atomic E-state index is 3.81. The molecule has 1 heteroatoms. The summed E-state index contributed by atoms with van der Waals surface area (Å²) in [6.45, 7) is 4.98. The van der Waals surface area contributed by atoms with Crippen LogP contribution in [0, 0.1) is 0 Å². The minimum atomic E-state index is 0.980. The molecule has 1 aromatic heterocycles. The van der Waals surface area contributed by atoms with Gasteiger partial charge in [0.25, 0.3) is 0 Å². The normalized spacial score (nSPS) is 14.4. The monoisotopic (exact) mass is 197 g/mol. The van der Waals surface area contributed by atoms with E-state index in [1.165, 1.54) is 41.4 Å². The zero-order chi connectivity index (χ0) is 10.3. The number of aromatic nitrogens is 1. The average molecular weight is 197 g/mol. The van der Waals surface area contributed by atoms with Gasteiger partial charge < -0.3 is 4.57 Å². The van der Waals surface area contributed by atoms with Crippen molar-refractivity contribution in [2.75, 3.05) is 0 Å². The lowest BCUT2D eigenvalue weighted by Crippen LogP contribution is -2.06. The Morgan fingerprint density at radius 2 is 2.33 bits per heavy atom. The molecule has 0 unspecified atom stereocenters. The summed E-state index contributed by atoms with van der Waals surface area (Å²) in [5, 5.41) is 1.39. The van der Waals surface area contributed by atoms with Gasteiger partial charge in [0.1, 0.15) is 0 Å². The Morgan fingerprint density at radius 3 is 3.20 bits per heavy atom. The van der Waals surface area contributed by atoms with Gasteiger partial charge in [0.05, 0.1) is 5.52 Å². The van der Waals surface area contributed by atoms with Crippen LogP contribution in [0.15, 0.2) is 37.1 Å². The summed E-state index contributed by atoms with van der Waals surface area (Å²) in [5.74, 6) is 0. The van der Waals surface area contributed by atoms with Crippen LogP contribution in [0.3, 0.4) is 0 Å². The molecular weight excluding hydrogens is 182 g/mol. The van der Waals surface area contributed by atoms with Gasteiger partial charge in [0, 0.05) is 18.1 Å². The molecule has 3 rings (SSSR count). The topological polar surface area (TPSA) is 4.93 Å². The van der Waals surface area contributed by atoms with E-state index in [-0.39, 0.29) is 0 Å². The average Bonchev–Trinajstić information content (AvgIpc) is 2.64. The SMILES string of the molecule is C=CCc1cc2c3c(ccn3CCC2)c1. The van der Waals surface area contributed by atoms with Crippen molar-refractivity contribution in [3.05, 3.63) is 48.2 Å². The van der Waals surface area contributed by atoms with Crippen LogP contribution >= 0.6 is 0 Å². The van der Waals surface area contributed by atoms with Crippen molar-refractivity contribution in [1.29, 1.82) is 0 Å². The molecule has 0 radical (unpaired) electrons. The molecule has 0 aliphatic carbocycles. The molecular formula is C14H15N. The highest BCUT2D eigenvalue weighted by molar-refractivity contribution is 5.84. The first-order valence-electron chi connectivity index (χ1n) is 5.60. The number of hydrogen-bond donors (Lipinski definition) is 0. The molecule has 15 heavy (non-hydrogen) atoms. The predicted molar refractivity (Wildman–Crippen MR) is 64.2 cm³/mol. The zero-order valence-corrected chi connectivity index (χ0v) is 8.87. The number of benzene rings is 1. The lowest BCUT2D eigenvalue weighted by molar-refractivity contribution is 0.635. The summed E-state index contributed by atoms with van der Waals surface area (Å²) in [6.07, 6.45) is 7.67. The first kappa shape index (κ1) is 8.78. The van der Waals surface area contributed by atoms with Gasteiger partial charge in [-0.3, -0.25) is 0 Å². The maximum Gasteiger partial charge on any atom is 0.0513 e. The van der Waals surface area contributed by atoms with Crippen LogP contribution in [0.4, 0.5) is 0 Å². The number of allylic oxidation sites excluding steroid dienone is 1. The second-order valence-electron chi connectivity index (χ2n) is 4.30. The fourth-order valence-corrected chi connectivity index (χ4v) is 2.61. The molecule has 0 fully saturated rings. The highest BCUT2D eigenvalue weighted by Crippen LogP contribution is 2.27. The molecule has 0 bridgehead atoms. The van der Waals surface area contributed by atoms with Gasteiger partial charge in [-0.15, -0.1) is 6.58 Å².